The van der Waals surface area contributed by atoms with E-state index in [1.54, 1.807) is 5.56 Å². The fraction of sp³-hybridized carbons (Fsp3) is 0.391. The second-order valence-corrected chi connectivity index (χ2v) is 6.57. The number of hydrogen-bond donors (Lipinski definition) is 0. The molecule has 0 aliphatic carbocycles. The molecule has 126 valence electrons. The molecule has 0 amide bonds. The number of benzene rings is 1. The molecular weight excluding hydrogens is 367 g/mol. The molecule has 0 unspecified atom stereocenters. The van der Waals surface area contributed by atoms with E-state index in [4.69, 9.17) is 0 Å². The van der Waals surface area contributed by atoms with Gasteiger partial charge in [0, 0.05) is 0 Å². The van der Waals surface area contributed by atoms with Crippen LogP contribution in [0.5, 0.6) is 0 Å². The van der Waals surface area contributed by atoms with Crippen molar-refractivity contribution in [3.8, 4) is 0 Å². The van der Waals surface area contributed by atoms with Gasteiger partial charge in [-0.3, -0.25) is 0 Å². The van der Waals surface area contributed by atoms with Gasteiger partial charge >= 0.3 is 26.2 Å². The molecule has 3 aromatic carbocycles. The van der Waals surface area contributed by atoms with Crippen LogP contribution in [-0.2, 0) is 39.0 Å². The Morgan fingerprint density at radius 1 is 0.917 bits per heavy atom. The zero-order valence-electron chi connectivity index (χ0n) is 16.1. The fourth-order valence-electron chi connectivity index (χ4n) is 3.47. The zero-order chi connectivity index (χ0) is 17.0. The molecule has 0 saturated carbocycles. The Hall–Kier alpha value is -0.937. The van der Waals surface area contributed by atoms with Gasteiger partial charge in [-0.2, -0.15) is 33.9 Å². The smallest absolute Gasteiger partial charge is 0.196 e. The van der Waals surface area contributed by atoms with E-state index in [-0.39, 0.29) is 26.2 Å². The molecule has 0 spiro atoms. The normalized spacial score (nSPS) is 10.2. The SMILES string of the molecule is CCCc1cc2ccccc2[cH-]1.CC[c-]1c(C)c(C)c(C)c1C.[Zr+2]. The van der Waals surface area contributed by atoms with Gasteiger partial charge in [0.2, 0.25) is 0 Å². The molecule has 24 heavy (non-hydrogen) atoms. The van der Waals surface area contributed by atoms with Crippen LogP contribution in [-0.4, -0.2) is 0 Å². The summed E-state index contributed by atoms with van der Waals surface area (Å²) < 4.78 is 0. The largest absolute Gasteiger partial charge is 2.00 e. The minimum absolute atomic E-state index is 0. The summed E-state index contributed by atoms with van der Waals surface area (Å²) in [5.41, 5.74) is 9.00. The van der Waals surface area contributed by atoms with Crippen molar-refractivity contribution < 1.29 is 26.2 Å². The van der Waals surface area contributed by atoms with Gasteiger partial charge in [0.05, 0.1) is 0 Å². The summed E-state index contributed by atoms with van der Waals surface area (Å²) in [5, 5.41) is 2.75. The summed E-state index contributed by atoms with van der Waals surface area (Å²) in [5.74, 6) is 0. The van der Waals surface area contributed by atoms with Gasteiger partial charge in [-0.05, 0) is 6.42 Å². The van der Waals surface area contributed by atoms with Crippen molar-refractivity contribution in [3.05, 3.63) is 69.8 Å². The van der Waals surface area contributed by atoms with Crippen LogP contribution in [0.4, 0.5) is 0 Å². The van der Waals surface area contributed by atoms with Crippen molar-refractivity contribution >= 4 is 10.8 Å². The van der Waals surface area contributed by atoms with E-state index in [0.29, 0.717) is 0 Å². The molecule has 0 heterocycles. The van der Waals surface area contributed by atoms with Crippen molar-refractivity contribution in [1.82, 2.24) is 0 Å². The molecule has 0 aromatic heterocycles. The molecule has 3 aromatic rings. The third-order valence-electron chi connectivity index (χ3n) is 5.16. The second-order valence-electron chi connectivity index (χ2n) is 6.57. The van der Waals surface area contributed by atoms with Crippen LogP contribution in [0.2, 0.25) is 0 Å². The maximum atomic E-state index is 2.29. The molecule has 0 nitrogen and oxygen atoms in total. The van der Waals surface area contributed by atoms with Gasteiger partial charge in [0.1, 0.15) is 0 Å². The first-order valence-electron chi connectivity index (χ1n) is 8.85. The van der Waals surface area contributed by atoms with Gasteiger partial charge in [-0.1, -0.05) is 60.5 Å². The van der Waals surface area contributed by atoms with Gasteiger partial charge in [-0.15, -0.1) is 40.6 Å². The Morgan fingerprint density at radius 3 is 1.96 bits per heavy atom. The summed E-state index contributed by atoms with van der Waals surface area (Å²) in [6.07, 6.45) is 3.61. The second kappa shape index (κ2) is 9.52. The van der Waals surface area contributed by atoms with Crippen LogP contribution in [0.25, 0.3) is 10.8 Å². The van der Waals surface area contributed by atoms with E-state index in [2.05, 4.69) is 77.9 Å². The van der Waals surface area contributed by atoms with E-state index in [1.165, 1.54) is 57.9 Å². The van der Waals surface area contributed by atoms with Crippen LogP contribution >= 0.6 is 0 Å². The van der Waals surface area contributed by atoms with E-state index in [1.807, 2.05) is 0 Å². The Kier molecular flexibility index (Phi) is 8.37. The summed E-state index contributed by atoms with van der Waals surface area (Å²) >= 11 is 0. The van der Waals surface area contributed by atoms with Crippen molar-refractivity contribution in [2.75, 3.05) is 0 Å². The number of fused-ring (bicyclic) bond motifs is 1. The first-order chi connectivity index (χ1) is 11.0. The molecule has 3 rings (SSSR count). The molecule has 0 aliphatic heterocycles. The molecule has 0 N–H and O–H groups in total. The van der Waals surface area contributed by atoms with Crippen LogP contribution in [0.15, 0.2) is 36.4 Å². The van der Waals surface area contributed by atoms with Gasteiger partial charge in [0.15, 0.2) is 0 Å². The van der Waals surface area contributed by atoms with Crippen LogP contribution in [0, 0.1) is 27.7 Å². The maximum absolute atomic E-state index is 2.29. The monoisotopic (exact) mass is 396 g/mol. The molecule has 0 atom stereocenters. The number of hydrogen-bond acceptors (Lipinski definition) is 0. The molecule has 0 saturated heterocycles. The van der Waals surface area contributed by atoms with Crippen molar-refractivity contribution in [1.29, 1.82) is 0 Å². The third-order valence-corrected chi connectivity index (χ3v) is 5.16. The minimum Gasteiger partial charge on any atom is -0.196 e. The molecule has 0 aliphatic rings. The van der Waals surface area contributed by atoms with E-state index in [0.717, 1.165) is 0 Å². The van der Waals surface area contributed by atoms with Crippen LogP contribution < -0.4 is 0 Å². The summed E-state index contributed by atoms with van der Waals surface area (Å²) in [6, 6.07) is 13.1. The molecular formula is C23H30Zr. The molecule has 1 heteroatoms. The zero-order valence-corrected chi connectivity index (χ0v) is 18.5. The molecule has 0 bridgehead atoms. The average Bonchev–Trinajstić information content (AvgIpc) is 3.04. The first-order valence-corrected chi connectivity index (χ1v) is 8.85. The van der Waals surface area contributed by atoms with E-state index < -0.39 is 0 Å². The average molecular weight is 398 g/mol. The summed E-state index contributed by atoms with van der Waals surface area (Å²) in [4.78, 5) is 0. The van der Waals surface area contributed by atoms with Gasteiger partial charge in [0.25, 0.3) is 0 Å². The van der Waals surface area contributed by atoms with Crippen molar-refractivity contribution in [2.45, 2.75) is 60.8 Å². The van der Waals surface area contributed by atoms with Crippen LogP contribution in [0.3, 0.4) is 0 Å². The minimum atomic E-state index is 0. The topological polar surface area (TPSA) is 0 Å². The standard InChI is InChI=1S/C12H13.C11H17.Zr/c1-2-5-10-8-11-6-3-4-7-12(11)9-10;1-6-11-9(4)7(2)8(3)10(11)5;/h3-4,6-9H,2,5H2,1H3;6H2,1-5H3;/q2*-1;+2. The summed E-state index contributed by atoms with van der Waals surface area (Å²) in [7, 11) is 0. The van der Waals surface area contributed by atoms with Crippen LogP contribution in [0.1, 0.15) is 53.6 Å². The Morgan fingerprint density at radius 2 is 1.50 bits per heavy atom. The van der Waals surface area contributed by atoms with E-state index >= 15 is 0 Å². The quantitative estimate of drug-likeness (QED) is 0.431. The fourth-order valence-corrected chi connectivity index (χ4v) is 3.47. The van der Waals surface area contributed by atoms with E-state index in [9.17, 15) is 0 Å². The Balaban J connectivity index is 0.000000232. The number of rotatable bonds is 3. The predicted molar refractivity (Wildman–Crippen MR) is 104 cm³/mol. The molecule has 0 fully saturated rings. The van der Waals surface area contributed by atoms with Crippen molar-refractivity contribution in [3.63, 3.8) is 0 Å². The maximum Gasteiger partial charge on any atom is 2.00 e. The Bertz CT molecular complexity index is 712. The van der Waals surface area contributed by atoms with Gasteiger partial charge in [-0.25, -0.2) is 0 Å². The number of aryl methyl sites for hydroxylation is 1. The Labute approximate surface area is 167 Å². The molecule has 0 radical (unpaired) electrons. The van der Waals surface area contributed by atoms with Crippen molar-refractivity contribution in [2.24, 2.45) is 0 Å². The predicted octanol–water partition coefficient (Wildman–Crippen LogP) is 6.71. The third kappa shape index (κ3) is 4.57. The van der Waals surface area contributed by atoms with Gasteiger partial charge < -0.3 is 0 Å². The summed E-state index contributed by atoms with van der Waals surface area (Å²) in [6.45, 7) is 13.3. The first kappa shape index (κ1) is 21.1.